The molecule has 2 aromatic carbocycles. The van der Waals surface area contributed by atoms with E-state index in [9.17, 15) is 4.79 Å². The third kappa shape index (κ3) is 7.29. The van der Waals surface area contributed by atoms with Crippen molar-refractivity contribution in [1.82, 2.24) is 20.1 Å². The van der Waals surface area contributed by atoms with Crippen LogP contribution in [0.2, 0.25) is 0 Å². The molecule has 3 aromatic rings. The van der Waals surface area contributed by atoms with Gasteiger partial charge in [-0.3, -0.25) is 4.79 Å². The third-order valence-corrected chi connectivity index (χ3v) is 5.93. The third-order valence-electron chi connectivity index (χ3n) is 5.00. The first-order valence-electron chi connectivity index (χ1n) is 11.2. The summed E-state index contributed by atoms with van der Waals surface area (Å²) in [5.41, 5.74) is 0.812. The Hall–Kier alpha value is -3.92. The van der Waals surface area contributed by atoms with Gasteiger partial charge in [0.2, 0.25) is 5.91 Å². The molecule has 1 amide bonds. The highest BCUT2D eigenvalue weighted by Crippen LogP contribution is 2.28. The Morgan fingerprint density at radius 2 is 1.75 bits per heavy atom. The number of methoxy groups -OCH3 is 3. The van der Waals surface area contributed by atoms with Crippen LogP contribution in [0, 0.1) is 0 Å². The summed E-state index contributed by atoms with van der Waals surface area (Å²) in [6.07, 6.45) is 4.93. The van der Waals surface area contributed by atoms with Crippen LogP contribution in [0.15, 0.2) is 66.4 Å². The molecule has 0 unspecified atom stereocenters. The van der Waals surface area contributed by atoms with Gasteiger partial charge in [0.15, 0.2) is 34.0 Å². The number of amides is 1. The van der Waals surface area contributed by atoms with Gasteiger partial charge in [-0.05, 0) is 35.9 Å². The summed E-state index contributed by atoms with van der Waals surface area (Å²) in [5, 5.41) is 12.1. The first-order chi connectivity index (χ1) is 17.6. The fourth-order valence-corrected chi connectivity index (χ4v) is 4.03. The summed E-state index contributed by atoms with van der Waals surface area (Å²) in [4.78, 5) is 12.4. The van der Waals surface area contributed by atoms with Gasteiger partial charge >= 0.3 is 0 Å². The molecule has 1 N–H and O–H groups in total. The quantitative estimate of drug-likeness (QED) is 0.151. The van der Waals surface area contributed by atoms with Crippen LogP contribution in [0.4, 0.5) is 0 Å². The van der Waals surface area contributed by atoms with E-state index < -0.39 is 0 Å². The average molecular weight is 511 g/mol. The zero-order valence-electron chi connectivity index (χ0n) is 20.6. The van der Waals surface area contributed by atoms with Crippen molar-refractivity contribution in [1.29, 1.82) is 0 Å². The van der Waals surface area contributed by atoms with Crippen molar-refractivity contribution in [2.75, 3.05) is 33.7 Å². The number of rotatable bonds is 14. The van der Waals surface area contributed by atoms with Crippen molar-refractivity contribution in [2.24, 2.45) is 0 Å². The molecule has 0 spiro atoms. The van der Waals surface area contributed by atoms with E-state index in [1.165, 1.54) is 17.8 Å². The highest BCUT2D eigenvalue weighted by Gasteiger charge is 2.13. The number of nitrogens with zero attached hydrogens (tertiary/aromatic N) is 3. The minimum absolute atomic E-state index is 0.230. The van der Waals surface area contributed by atoms with Crippen LogP contribution < -0.4 is 24.3 Å². The molecule has 0 atom stereocenters. The second-order valence-electron chi connectivity index (χ2n) is 7.31. The van der Waals surface area contributed by atoms with E-state index in [-0.39, 0.29) is 12.5 Å². The van der Waals surface area contributed by atoms with E-state index in [2.05, 4.69) is 22.1 Å². The molecule has 1 heterocycles. The molecule has 0 saturated heterocycles. The Kier molecular flexibility index (Phi) is 10.3. The summed E-state index contributed by atoms with van der Waals surface area (Å²) < 4.78 is 23.6. The van der Waals surface area contributed by atoms with E-state index in [4.69, 9.17) is 18.9 Å². The standard InChI is InChI=1S/C26H30N4O5S/c1-5-14-30-24(18-27-25(31)13-11-19-10-12-21(33-3)23(17-19)34-4)28-29-26(30)36-16-15-35-22-9-7-6-8-20(22)32-2/h5-13,17H,1,14-16,18H2,2-4H3,(H,27,31). The molecule has 0 aliphatic carbocycles. The highest BCUT2D eigenvalue weighted by atomic mass is 32.2. The fourth-order valence-electron chi connectivity index (χ4n) is 3.25. The molecular formula is C26H30N4O5S. The fraction of sp³-hybridized carbons (Fsp3) is 0.269. The number of carbonyl (C=O) groups is 1. The van der Waals surface area contributed by atoms with Crippen molar-refractivity contribution >= 4 is 23.7 Å². The second-order valence-corrected chi connectivity index (χ2v) is 8.37. The zero-order chi connectivity index (χ0) is 25.8. The van der Waals surface area contributed by atoms with Gasteiger partial charge in [0.1, 0.15) is 0 Å². The lowest BCUT2D eigenvalue weighted by molar-refractivity contribution is -0.116. The lowest BCUT2D eigenvalue weighted by Gasteiger charge is -2.10. The summed E-state index contributed by atoms with van der Waals surface area (Å²) >= 11 is 1.52. The van der Waals surface area contributed by atoms with Gasteiger partial charge in [0, 0.05) is 18.4 Å². The maximum atomic E-state index is 12.4. The second kappa shape index (κ2) is 13.8. The van der Waals surface area contributed by atoms with Gasteiger partial charge in [-0.1, -0.05) is 36.0 Å². The largest absolute Gasteiger partial charge is 0.493 e. The molecule has 0 aliphatic heterocycles. The number of hydrogen-bond donors (Lipinski definition) is 1. The molecule has 9 nitrogen and oxygen atoms in total. The van der Waals surface area contributed by atoms with Crippen molar-refractivity contribution in [3.63, 3.8) is 0 Å². The molecule has 3 rings (SSSR count). The minimum Gasteiger partial charge on any atom is -0.493 e. The van der Waals surface area contributed by atoms with Crippen molar-refractivity contribution in [2.45, 2.75) is 18.2 Å². The molecule has 1 aromatic heterocycles. The van der Waals surface area contributed by atoms with Crippen LogP contribution in [0.5, 0.6) is 23.0 Å². The number of nitrogens with one attached hydrogen (secondary N) is 1. The number of carbonyl (C=O) groups excluding carboxylic acids is 1. The number of aromatic nitrogens is 3. The van der Waals surface area contributed by atoms with Crippen molar-refractivity contribution in [3.8, 4) is 23.0 Å². The number of allylic oxidation sites excluding steroid dienone is 1. The Morgan fingerprint density at radius 3 is 2.47 bits per heavy atom. The molecular weight excluding hydrogens is 480 g/mol. The van der Waals surface area contributed by atoms with Gasteiger partial charge in [-0.15, -0.1) is 16.8 Å². The van der Waals surface area contributed by atoms with Crippen LogP contribution in [-0.2, 0) is 17.9 Å². The van der Waals surface area contributed by atoms with Crippen LogP contribution >= 0.6 is 11.8 Å². The SMILES string of the molecule is C=CCn1c(CNC(=O)C=Cc2ccc(OC)c(OC)c2)nnc1SCCOc1ccccc1OC. The lowest BCUT2D eigenvalue weighted by Crippen LogP contribution is -2.22. The maximum absolute atomic E-state index is 12.4. The average Bonchev–Trinajstić information content (AvgIpc) is 3.30. The van der Waals surface area contributed by atoms with Gasteiger partial charge in [0.05, 0.1) is 34.5 Å². The number of ether oxygens (including phenoxy) is 4. The molecule has 0 bridgehead atoms. The summed E-state index contributed by atoms with van der Waals surface area (Å²) in [6, 6.07) is 12.9. The molecule has 0 radical (unpaired) electrons. The molecule has 0 saturated carbocycles. The number of para-hydroxylation sites is 2. The summed E-state index contributed by atoms with van der Waals surface area (Å²) in [7, 11) is 4.75. The lowest BCUT2D eigenvalue weighted by atomic mass is 10.2. The summed E-state index contributed by atoms with van der Waals surface area (Å²) in [6.45, 7) is 5.04. The van der Waals surface area contributed by atoms with Crippen LogP contribution in [0.25, 0.3) is 6.08 Å². The van der Waals surface area contributed by atoms with Crippen LogP contribution in [-0.4, -0.2) is 54.4 Å². The topological polar surface area (TPSA) is 96.7 Å². The number of benzene rings is 2. The number of hydrogen-bond acceptors (Lipinski definition) is 8. The Morgan fingerprint density at radius 1 is 1.03 bits per heavy atom. The molecule has 0 aliphatic rings. The predicted octanol–water partition coefficient (Wildman–Crippen LogP) is 3.99. The maximum Gasteiger partial charge on any atom is 0.244 e. The van der Waals surface area contributed by atoms with Crippen LogP contribution in [0.1, 0.15) is 11.4 Å². The predicted molar refractivity (Wildman–Crippen MR) is 140 cm³/mol. The molecule has 36 heavy (non-hydrogen) atoms. The molecule has 10 heteroatoms. The van der Waals surface area contributed by atoms with E-state index in [1.54, 1.807) is 45.6 Å². The Bertz CT molecular complexity index is 1190. The van der Waals surface area contributed by atoms with E-state index in [1.807, 2.05) is 34.9 Å². The van der Waals surface area contributed by atoms with E-state index >= 15 is 0 Å². The minimum atomic E-state index is -0.252. The first kappa shape index (κ1) is 26.7. The smallest absolute Gasteiger partial charge is 0.244 e. The zero-order valence-corrected chi connectivity index (χ0v) is 21.4. The van der Waals surface area contributed by atoms with Gasteiger partial charge in [-0.2, -0.15) is 0 Å². The first-order valence-corrected chi connectivity index (χ1v) is 12.2. The summed E-state index contributed by atoms with van der Waals surface area (Å²) in [5.74, 6) is 3.64. The van der Waals surface area contributed by atoms with Crippen molar-refractivity contribution < 1.29 is 23.7 Å². The van der Waals surface area contributed by atoms with Gasteiger partial charge in [-0.25, -0.2) is 0 Å². The molecule has 190 valence electrons. The normalized spacial score (nSPS) is 10.8. The number of thioether (sulfide) groups is 1. The Labute approximate surface area is 215 Å². The molecule has 0 fully saturated rings. The van der Waals surface area contributed by atoms with Gasteiger partial charge in [0.25, 0.3) is 0 Å². The highest BCUT2D eigenvalue weighted by molar-refractivity contribution is 7.99. The van der Waals surface area contributed by atoms with Gasteiger partial charge < -0.3 is 28.8 Å². The van der Waals surface area contributed by atoms with Crippen molar-refractivity contribution in [3.05, 3.63) is 72.6 Å². The van der Waals surface area contributed by atoms with E-state index in [0.717, 1.165) is 10.7 Å². The van der Waals surface area contributed by atoms with Crippen LogP contribution in [0.3, 0.4) is 0 Å². The monoisotopic (exact) mass is 510 g/mol. The van der Waals surface area contributed by atoms with E-state index in [0.29, 0.717) is 47.7 Å². The Balaban J connectivity index is 1.54.